The Hall–Kier alpha value is -2.77. The number of aromatic nitrogens is 2. The number of hydrogen-bond acceptors (Lipinski definition) is 3. The summed E-state index contributed by atoms with van der Waals surface area (Å²) in [7, 11) is 0. The molecule has 0 unspecified atom stereocenters. The summed E-state index contributed by atoms with van der Waals surface area (Å²) in [4.78, 5) is 25.9. The zero-order valence-corrected chi connectivity index (χ0v) is 9.30. The lowest BCUT2D eigenvalue weighted by Crippen LogP contribution is -2.19. The van der Waals surface area contributed by atoms with Crippen LogP contribution in [-0.2, 0) is 0 Å². The van der Waals surface area contributed by atoms with Gasteiger partial charge in [0.15, 0.2) is 0 Å². The molecule has 19 heavy (non-hydrogen) atoms. The van der Waals surface area contributed by atoms with E-state index in [0.29, 0.717) is 12.1 Å². The fourth-order valence-electron chi connectivity index (χ4n) is 1.37. The molecule has 2 rings (SSSR count). The van der Waals surface area contributed by atoms with Crippen LogP contribution in [-0.4, -0.2) is 26.7 Å². The molecule has 0 fully saturated rings. The summed E-state index contributed by atoms with van der Waals surface area (Å²) in [5, 5.41) is 10.8. The van der Waals surface area contributed by atoms with Crippen molar-refractivity contribution in [1.82, 2.24) is 9.55 Å². The maximum absolute atomic E-state index is 13.4. The zero-order chi connectivity index (χ0) is 14.0. The van der Waals surface area contributed by atoms with Gasteiger partial charge in [-0.1, -0.05) is 0 Å². The molecule has 0 aliphatic carbocycles. The van der Waals surface area contributed by atoms with Gasteiger partial charge in [0.05, 0.1) is 11.3 Å². The van der Waals surface area contributed by atoms with Crippen molar-refractivity contribution >= 4 is 17.7 Å². The Morgan fingerprint density at radius 3 is 2.58 bits per heavy atom. The van der Waals surface area contributed by atoms with Gasteiger partial charge in [0, 0.05) is 18.5 Å². The van der Waals surface area contributed by atoms with Crippen molar-refractivity contribution in [3.05, 3.63) is 48.1 Å². The van der Waals surface area contributed by atoms with Gasteiger partial charge in [0.25, 0.3) is 0 Å². The van der Waals surface area contributed by atoms with Crippen LogP contribution in [0.2, 0.25) is 0 Å². The molecule has 98 valence electrons. The van der Waals surface area contributed by atoms with Gasteiger partial charge in [-0.05, 0) is 6.07 Å². The SMILES string of the molecule is O=C(O)c1cc(NC(=O)n2ccnc2)c(F)cc1F. The highest BCUT2D eigenvalue weighted by Gasteiger charge is 2.16. The number of anilines is 1. The number of aromatic carboxylic acids is 1. The smallest absolute Gasteiger partial charge is 0.338 e. The van der Waals surface area contributed by atoms with Crippen molar-refractivity contribution < 1.29 is 23.5 Å². The van der Waals surface area contributed by atoms with E-state index in [4.69, 9.17) is 5.11 Å². The lowest BCUT2D eigenvalue weighted by molar-refractivity contribution is 0.0692. The molecular formula is C11H7F2N3O3. The third kappa shape index (κ3) is 2.57. The molecule has 8 heteroatoms. The van der Waals surface area contributed by atoms with E-state index in [1.54, 1.807) is 0 Å². The van der Waals surface area contributed by atoms with Gasteiger partial charge >= 0.3 is 12.0 Å². The second-order valence-corrected chi connectivity index (χ2v) is 3.52. The number of hydrogen-bond donors (Lipinski definition) is 2. The van der Waals surface area contributed by atoms with E-state index in [-0.39, 0.29) is 0 Å². The molecule has 0 bridgehead atoms. The van der Waals surface area contributed by atoms with Crippen LogP contribution in [0, 0.1) is 11.6 Å². The third-order valence-corrected chi connectivity index (χ3v) is 2.27. The maximum atomic E-state index is 13.4. The summed E-state index contributed by atoms with van der Waals surface area (Å²) < 4.78 is 27.6. The molecule has 1 aromatic carbocycles. The number of nitrogens with one attached hydrogen (secondary N) is 1. The maximum Gasteiger partial charge on any atom is 0.338 e. The van der Waals surface area contributed by atoms with Gasteiger partial charge in [-0.3, -0.25) is 4.57 Å². The number of rotatable bonds is 2. The molecule has 0 aliphatic heterocycles. The average molecular weight is 267 g/mol. The molecule has 2 aromatic rings. The summed E-state index contributed by atoms with van der Waals surface area (Å²) in [5.41, 5.74) is -1.17. The molecule has 1 amide bonds. The van der Waals surface area contributed by atoms with Crippen LogP contribution in [0.1, 0.15) is 10.4 Å². The molecule has 0 radical (unpaired) electrons. The molecule has 0 saturated carbocycles. The summed E-state index contributed by atoms with van der Waals surface area (Å²) in [5.74, 6) is -3.85. The number of benzene rings is 1. The van der Waals surface area contributed by atoms with Crippen molar-refractivity contribution in [3.8, 4) is 0 Å². The standard InChI is InChI=1S/C11H7F2N3O3/c12-7-4-8(13)9(3-6(7)10(17)18)15-11(19)16-2-1-14-5-16/h1-5H,(H,15,19)(H,17,18). The van der Waals surface area contributed by atoms with Gasteiger partial charge in [0.1, 0.15) is 18.0 Å². The average Bonchev–Trinajstić information content (AvgIpc) is 2.85. The Kier molecular flexibility index (Phi) is 3.23. The first-order valence-electron chi connectivity index (χ1n) is 5.00. The minimum absolute atomic E-state index is 0.396. The zero-order valence-electron chi connectivity index (χ0n) is 9.30. The number of nitrogens with zero attached hydrogens (tertiary/aromatic N) is 2. The van der Waals surface area contributed by atoms with Crippen LogP contribution in [0.15, 0.2) is 30.9 Å². The number of carboxylic acid groups (broad SMARTS) is 1. The quantitative estimate of drug-likeness (QED) is 0.870. The molecule has 2 N–H and O–H groups in total. The first-order chi connectivity index (χ1) is 8.99. The lowest BCUT2D eigenvalue weighted by atomic mass is 10.2. The molecule has 0 saturated heterocycles. The number of halogens is 2. The van der Waals surface area contributed by atoms with Crippen LogP contribution in [0.25, 0.3) is 0 Å². The minimum atomic E-state index is -1.56. The molecule has 1 aromatic heterocycles. The van der Waals surface area contributed by atoms with Gasteiger partial charge in [-0.15, -0.1) is 0 Å². The summed E-state index contributed by atoms with van der Waals surface area (Å²) >= 11 is 0. The molecule has 1 heterocycles. The second kappa shape index (κ2) is 4.84. The predicted octanol–water partition coefficient (Wildman–Crippen LogP) is 1.94. The van der Waals surface area contributed by atoms with Crippen molar-refractivity contribution in [2.45, 2.75) is 0 Å². The summed E-state index contributed by atoms with van der Waals surface area (Å²) in [6.07, 6.45) is 3.83. The van der Waals surface area contributed by atoms with E-state index in [2.05, 4.69) is 10.3 Å². The van der Waals surface area contributed by atoms with Gasteiger partial charge in [-0.25, -0.2) is 23.4 Å². The normalized spacial score (nSPS) is 10.2. The number of amides is 1. The van der Waals surface area contributed by atoms with Crippen LogP contribution >= 0.6 is 0 Å². The van der Waals surface area contributed by atoms with Gasteiger partial charge in [-0.2, -0.15) is 0 Å². The van der Waals surface area contributed by atoms with E-state index < -0.39 is 34.9 Å². The Labute approximate surface area is 105 Å². The van der Waals surface area contributed by atoms with Gasteiger partial charge < -0.3 is 10.4 Å². The Bertz CT molecular complexity index is 641. The molecule has 0 atom stereocenters. The number of carbonyl (C=O) groups is 2. The molecule has 0 spiro atoms. The Balaban J connectivity index is 2.32. The highest BCUT2D eigenvalue weighted by Crippen LogP contribution is 2.19. The fourth-order valence-corrected chi connectivity index (χ4v) is 1.37. The van der Waals surface area contributed by atoms with Crippen LogP contribution in [0.3, 0.4) is 0 Å². The van der Waals surface area contributed by atoms with E-state index >= 15 is 0 Å². The third-order valence-electron chi connectivity index (χ3n) is 2.27. The Morgan fingerprint density at radius 2 is 2.00 bits per heavy atom. The van der Waals surface area contributed by atoms with E-state index in [1.807, 2.05) is 0 Å². The van der Waals surface area contributed by atoms with Crippen molar-refractivity contribution in [1.29, 1.82) is 0 Å². The summed E-state index contributed by atoms with van der Waals surface area (Å²) in [6.45, 7) is 0. The van der Waals surface area contributed by atoms with Gasteiger partial charge in [0.2, 0.25) is 0 Å². The predicted molar refractivity (Wildman–Crippen MR) is 60.0 cm³/mol. The lowest BCUT2D eigenvalue weighted by Gasteiger charge is -2.08. The van der Waals surface area contributed by atoms with Crippen molar-refractivity contribution in [2.75, 3.05) is 5.32 Å². The van der Waals surface area contributed by atoms with Crippen molar-refractivity contribution in [2.24, 2.45) is 0 Å². The molecular weight excluding hydrogens is 260 g/mol. The highest BCUT2D eigenvalue weighted by atomic mass is 19.1. The van der Waals surface area contributed by atoms with Crippen molar-refractivity contribution in [3.63, 3.8) is 0 Å². The molecule has 6 nitrogen and oxygen atoms in total. The van der Waals surface area contributed by atoms with E-state index in [9.17, 15) is 18.4 Å². The summed E-state index contributed by atoms with van der Waals surface area (Å²) in [6, 6.07) is 0.355. The second-order valence-electron chi connectivity index (χ2n) is 3.52. The van der Waals surface area contributed by atoms with Crippen LogP contribution in [0.5, 0.6) is 0 Å². The van der Waals surface area contributed by atoms with E-state index in [1.165, 1.54) is 18.7 Å². The van der Waals surface area contributed by atoms with Crippen LogP contribution < -0.4 is 5.32 Å². The largest absolute Gasteiger partial charge is 0.478 e. The first-order valence-corrected chi connectivity index (χ1v) is 5.00. The highest BCUT2D eigenvalue weighted by molar-refractivity contribution is 5.94. The Morgan fingerprint density at radius 1 is 1.26 bits per heavy atom. The topological polar surface area (TPSA) is 84.2 Å². The number of carboxylic acids is 1. The number of carbonyl (C=O) groups excluding carboxylic acids is 1. The first kappa shape index (κ1) is 12.7. The minimum Gasteiger partial charge on any atom is -0.478 e. The van der Waals surface area contributed by atoms with Crippen LogP contribution in [0.4, 0.5) is 19.3 Å². The number of imidazole rings is 1. The monoisotopic (exact) mass is 267 g/mol. The van der Waals surface area contributed by atoms with E-state index in [0.717, 1.165) is 4.57 Å². The fraction of sp³-hybridized carbons (Fsp3) is 0. The molecule has 0 aliphatic rings.